The minimum absolute atomic E-state index is 0.0428. The molecular weight excluding hydrogens is 575 g/mol. The fourth-order valence-corrected chi connectivity index (χ4v) is 4.72. The number of rotatable bonds is 9. The summed E-state index contributed by atoms with van der Waals surface area (Å²) in [5.74, 6) is -6.06. The van der Waals surface area contributed by atoms with Gasteiger partial charge < -0.3 is 5.32 Å². The number of hydrogen-bond donors (Lipinski definition) is 1. The molecule has 0 spiro atoms. The van der Waals surface area contributed by atoms with Crippen LogP contribution in [-0.2, 0) is 0 Å². The molecule has 0 aliphatic carbocycles. The van der Waals surface area contributed by atoms with E-state index in [9.17, 15) is 26.7 Å². The minimum atomic E-state index is -4.28. The molecular formula is C23H20Cl4F5NOS. The number of carbonyl (C=O) groups excluding carboxylic acids is 1. The molecule has 1 unspecified atom stereocenters. The Labute approximate surface area is 224 Å². The Kier molecular flexibility index (Phi) is 10.6. The summed E-state index contributed by atoms with van der Waals surface area (Å²) in [5, 5.41) is 2.79. The van der Waals surface area contributed by atoms with Gasteiger partial charge in [-0.25, -0.2) is 8.78 Å². The second-order valence-corrected chi connectivity index (χ2v) is 10.5. The molecule has 2 aromatic carbocycles. The molecule has 0 saturated carbocycles. The van der Waals surface area contributed by atoms with E-state index in [1.807, 2.05) is 0 Å². The normalized spacial score (nSPS) is 14.3. The molecule has 0 saturated heterocycles. The second-order valence-electron chi connectivity index (χ2n) is 7.84. The zero-order chi connectivity index (χ0) is 26.6. The van der Waals surface area contributed by atoms with Crippen LogP contribution in [0, 0.1) is 0 Å². The van der Waals surface area contributed by atoms with E-state index in [-0.39, 0.29) is 37.0 Å². The molecule has 2 atom stereocenters. The summed E-state index contributed by atoms with van der Waals surface area (Å²) >= 11 is 24.8. The fraction of sp³-hybridized carbons (Fsp3) is 0.348. The number of amides is 1. The third-order valence-corrected chi connectivity index (χ3v) is 7.42. The van der Waals surface area contributed by atoms with Crippen LogP contribution < -0.4 is 5.32 Å². The first kappa shape index (κ1) is 30.0. The van der Waals surface area contributed by atoms with Crippen molar-refractivity contribution < 1.29 is 26.7 Å². The Morgan fingerprint density at radius 1 is 1.03 bits per heavy atom. The summed E-state index contributed by atoms with van der Waals surface area (Å²) in [6.07, 6.45) is -1.60. The van der Waals surface area contributed by atoms with Crippen LogP contribution in [0.1, 0.15) is 41.3 Å². The number of carbonyl (C=O) groups is 1. The van der Waals surface area contributed by atoms with Crippen molar-refractivity contribution in [1.29, 1.82) is 0 Å². The van der Waals surface area contributed by atoms with Crippen LogP contribution in [0.2, 0.25) is 20.1 Å². The van der Waals surface area contributed by atoms with Gasteiger partial charge >= 0.3 is 6.18 Å². The average molecular weight is 595 g/mol. The first-order valence-corrected chi connectivity index (χ1v) is 12.7. The lowest BCUT2D eigenvalue weighted by molar-refractivity contribution is -0.105. The van der Waals surface area contributed by atoms with Gasteiger partial charge in [-0.05, 0) is 42.3 Å². The highest BCUT2D eigenvalue weighted by Gasteiger charge is 2.34. The van der Waals surface area contributed by atoms with E-state index in [4.69, 9.17) is 46.4 Å². The van der Waals surface area contributed by atoms with Crippen molar-refractivity contribution in [3.05, 3.63) is 73.2 Å². The smallest absolute Gasteiger partial charge is 0.349 e. The highest BCUT2D eigenvalue weighted by Crippen LogP contribution is 2.40. The highest BCUT2D eigenvalue weighted by molar-refractivity contribution is 7.99. The van der Waals surface area contributed by atoms with Gasteiger partial charge in [-0.3, -0.25) is 4.79 Å². The Morgan fingerprint density at radius 2 is 1.63 bits per heavy atom. The van der Waals surface area contributed by atoms with Gasteiger partial charge in [-0.1, -0.05) is 64.6 Å². The molecule has 0 aliphatic rings. The van der Waals surface area contributed by atoms with Gasteiger partial charge in [-0.15, -0.1) is 0 Å². The van der Waals surface area contributed by atoms with Gasteiger partial charge in [0.1, 0.15) is 0 Å². The van der Waals surface area contributed by atoms with E-state index >= 15 is 0 Å². The summed E-state index contributed by atoms with van der Waals surface area (Å²) in [5.41, 5.74) is 0.707. The first-order chi connectivity index (χ1) is 16.1. The van der Waals surface area contributed by atoms with Crippen molar-refractivity contribution in [2.45, 2.75) is 37.9 Å². The number of allylic oxidation sites excluding steroid dienone is 1. The maximum Gasteiger partial charge on any atom is 0.397 e. The lowest BCUT2D eigenvalue weighted by atomic mass is 9.92. The Balaban J connectivity index is 2.16. The average Bonchev–Trinajstić information content (AvgIpc) is 2.70. The predicted molar refractivity (Wildman–Crippen MR) is 136 cm³/mol. The Morgan fingerprint density at radius 3 is 2.14 bits per heavy atom. The maximum atomic E-state index is 14.4. The monoisotopic (exact) mass is 593 g/mol. The minimum Gasteiger partial charge on any atom is -0.349 e. The number of nitrogens with one attached hydrogen (secondary N) is 1. The van der Waals surface area contributed by atoms with Crippen molar-refractivity contribution in [2.75, 3.05) is 11.5 Å². The Bertz CT molecular complexity index is 1070. The van der Waals surface area contributed by atoms with Gasteiger partial charge in [0.15, 0.2) is 0 Å². The zero-order valence-corrected chi connectivity index (χ0v) is 22.2. The Hall–Kier alpha value is -1.19. The molecule has 0 bridgehead atoms. The van der Waals surface area contributed by atoms with Crippen molar-refractivity contribution in [1.82, 2.24) is 5.32 Å². The van der Waals surface area contributed by atoms with Gasteiger partial charge in [0.25, 0.3) is 11.8 Å². The largest absolute Gasteiger partial charge is 0.397 e. The molecule has 192 valence electrons. The van der Waals surface area contributed by atoms with E-state index < -0.39 is 35.7 Å². The van der Waals surface area contributed by atoms with Crippen LogP contribution in [0.15, 0.2) is 36.4 Å². The molecule has 2 aromatic rings. The molecule has 12 heteroatoms. The summed E-state index contributed by atoms with van der Waals surface area (Å²) < 4.78 is 65.5. The molecule has 0 heterocycles. The number of halogens is 9. The maximum absolute atomic E-state index is 14.4. The third kappa shape index (κ3) is 9.32. The second kappa shape index (κ2) is 12.4. The highest BCUT2D eigenvalue weighted by atomic mass is 35.5. The van der Waals surface area contributed by atoms with Crippen molar-refractivity contribution >= 4 is 70.1 Å². The topological polar surface area (TPSA) is 29.1 Å². The molecule has 35 heavy (non-hydrogen) atoms. The van der Waals surface area contributed by atoms with Crippen LogP contribution in [0.25, 0.3) is 6.08 Å². The quantitative estimate of drug-likeness (QED) is 0.232. The number of alkyl halides is 5. The molecule has 2 rings (SSSR count). The van der Waals surface area contributed by atoms with Crippen molar-refractivity contribution in [3.8, 4) is 0 Å². The molecule has 0 aliphatic heterocycles. The lowest BCUT2D eigenvalue weighted by Crippen LogP contribution is -2.34. The van der Waals surface area contributed by atoms with Crippen LogP contribution in [0.5, 0.6) is 0 Å². The number of benzene rings is 2. The molecule has 1 amide bonds. The SMILES string of the molecule is C[C@H](CSCC(F)(F)F)NC(=O)c1ccc(/C=C/C(c2cc(Cl)c(Cl)c(Cl)c2)C(C)(F)F)cc1Cl. The summed E-state index contributed by atoms with van der Waals surface area (Å²) in [7, 11) is 0. The van der Waals surface area contributed by atoms with E-state index in [0.717, 1.165) is 6.92 Å². The van der Waals surface area contributed by atoms with Crippen LogP contribution in [-0.4, -0.2) is 35.6 Å². The summed E-state index contributed by atoms with van der Waals surface area (Å²) in [6, 6.07) is 6.43. The third-order valence-electron chi connectivity index (χ3n) is 4.64. The number of thioether (sulfide) groups is 1. The summed E-state index contributed by atoms with van der Waals surface area (Å²) in [4.78, 5) is 12.4. The van der Waals surface area contributed by atoms with E-state index in [1.165, 1.54) is 42.5 Å². The first-order valence-electron chi connectivity index (χ1n) is 10.0. The molecule has 1 N–H and O–H groups in total. The van der Waals surface area contributed by atoms with Crippen LogP contribution in [0.4, 0.5) is 22.0 Å². The molecule has 0 aromatic heterocycles. The number of hydrogen-bond acceptors (Lipinski definition) is 2. The zero-order valence-electron chi connectivity index (χ0n) is 18.3. The summed E-state index contributed by atoms with van der Waals surface area (Å²) in [6.45, 7) is 2.33. The van der Waals surface area contributed by atoms with Gasteiger partial charge in [0, 0.05) is 18.7 Å². The molecule has 0 radical (unpaired) electrons. The van der Waals surface area contributed by atoms with Gasteiger partial charge in [-0.2, -0.15) is 24.9 Å². The van der Waals surface area contributed by atoms with E-state index in [0.29, 0.717) is 17.3 Å². The van der Waals surface area contributed by atoms with Crippen LogP contribution >= 0.6 is 58.2 Å². The predicted octanol–water partition coefficient (Wildman–Crippen LogP) is 9.17. The van der Waals surface area contributed by atoms with Gasteiger partial charge in [0.2, 0.25) is 0 Å². The lowest BCUT2D eigenvalue weighted by Gasteiger charge is -2.22. The van der Waals surface area contributed by atoms with Crippen molar-refractivity contribution in [3.63, 3.8) is 0 Å². The van der Waals surface area contributed by atoms with Crippen molar-refractivity contribution in [2.24, 2.45) is 0 Å². The van der Waals surface area contributed by atoms with E-state index in [1.54, 1.807) is 6.92 Å². The standard InChI is InChI=1S/C23H20Cl4F5NOS/c1-12(10-35-11-23(30,31)32)33-21(34)15-5-3-13(7-17(15)24)4-6-16(22(2,28)29)14-8-18(25)20(27)19(26)9-14/h3-9,12,16H,10-11H2,1-2H3,(H,33,34)/b6-4+/t12-,16?/m1/s1. The van der Waals surface area contributed by atoms with Gasteiger partial charge in [0.05, 0.1) is 37.3 Å². The molecule has 0 fully saturated rings. The van der Waals surface area contributed by atoms with Crippen LogP contribution in [0.3, 0.4) is 0 Å². The van der Waals surface area contributed by atoms with E-state index in [2.05, 4.69) is 5.32 Å². The molecule has 2 nitrogen and oxygen atoms in total. The fourth-order valence-electron chi connectivity index (χ4n) is 3.05.